The molecule has 0 bridgehead atoms. The van der Waals surface area contributed by atoms with E-state index in [0.29, 0.717) is 12.3 Å². The summed E-state index contributed by atoms with van der Waals surface area (Å²) >= 11 is 0. The number of hydrogen-bond acceptors (Lipinski definition) is 2. The molecule has 0 aromatic heterocycles. The van der Waals surface area contributed by atoms with Gasteiger partial charge < -0.3 is 10.4 Å². The Balaban J connectivity index is 3.67. The van der Waals surface area contributed by atoms with Crippen LogP contribution in [0.2, 0.25) is 0 Å². The molecule has 0 amide bonds. The monoisotopic (exact) mass is 239 g/mol. The van der Waals surface area contributed by atoms with Crippen molar-refractivity contribution in [2.24, 2.45) is 5.92 Å². The molecular weight excluding hydrogens is 214 g/mol. The molecule has 3 nitrogen and oxygen atoms in total. The van der Waals surface area contributed by atoms with E-state index in [2.05, 4.69) is 18.5 Å². The first-order chi connectivity index (χ1) is 8.10. The summed E-state index contributed by atoms with van der Waals surface area (Å²) in [6, 6.07) is 0.263. The van der Waals surface area contributed by atoms with Crippen LogP contribution in [0, 0.1) is 5.92 Å². The van der Waals surface area contributed by atoms with Crippen molar-refractivity contribution in [3.8, 4) is 0 Å². The molecule has 17 heavy (non-hydrogen) atoms. The predicted octanol–water partition coefficient (Wildman–Crippen LogP) is 2.99. The van der Waals surface area contributed by atoms with Gasteiger partial charge in [0, 0.05) is 12.5 Å². The Morgan fingerprint density at radius 3 is 2.35 bits per heavy atom. The fraction of sp³-hybridized carbons (Fsp3) is 0.643. The Hall–Kier alpha value is -1.09. The molecule has 0 rings (SSSR count). The van der Waals surface area contributed by atoms with Crippen LogP contribution in [0.4, 0.5) is 0 Å². The molecule has 1 atom stereocenters. The van der Waals surface area contributed by atoms with E-state index in [4.69, 9.17) is 5.11 Å². The number of rotatable bonds is 11. The largest absolute Gasteiger partial charge is 0.481 e. The minimum Gasteiger partial charge on any atom is -0.481 e. The highest BCUT2D eigenvalue weighted by Crippen LogP contribution is 2.13. The lowest BCUT2D eigenvalue weighted by molar-refractivity contribution is -0.137. The van der Waals surface area contributed by atoms with Crippen LogP contribution in [0.25, 0.3) is 0 Å². The number of carboxylic acid groups (broad SMARTS) is 1. The van der Waals surface area contributed by atoms with E-state index >= 15 is 0 Å². The van der Waals surface area contributed by atoms with Crippen LogP contribution in [0.3, 0.4) is 0 Å². The van der Waals surface area contributed by atoms with Crippen molar-refractivity contribution in [2.45, 2.75) is 45.1 Å². The van der Waals surface area contributed by atoms with Gasteiger partial charge in [0.25, 0.3) is 0 Å². The lowest BCUT2D eigenvalue weighted by Gasteiger charge is -2.16. The fourth-order valence-corrected chi connectivity index (χ4v) is 1.78. The van der Waals surface area contributed by atoms with Crippen molar-refractivity contribution in [2.75, 3.05) is 6.54 Å². The van der Waals surface area contributed by atoms with E-state index in [9.17, 15) is 4.79 Å². The SMILES string of the molecule is C=CCC(CC=C)CCNC(C)CCC(=O)O. The molecule has 0 radical (unpaired) electrons. The van der Waals surface area contributed by atoms with Gasteiger partial charge in [0.15, 0.2) is 0 Å². The van der Waals surface area contributed by atoms with E-state index in [1.54, 1.807) is 0 Å². The summed E-state index contributed by atoms with van der Waals surface area (Å²) in [5.74, 6) is -0.126. The van der Waals surface area contributed by atoms with Crippen molar-refractivity contribution < 1.29 is 9.90 Å². The summed E-state index contributed by atoms with van der Waals surface area (Å²) in [5, 5.41) is 11.9. The maximum Gasteiger partial charge on any atom is 0.303 e. The van der Waals surface area contributed by atoms with Crippen molar-refractivity contribution in [1.29, 1.82) is 0 Å². The average molecular weight is 239 g/mol. The first-order valence-corrected chi connectivity index (χ1v) is 6.27. The van der Waals surface area contributed by atoms with Crippen LogP contribution >= 0.6 is 0 Å². The van der Waals surface area contributed by atoms with E-state index in [0.717, 1.165) is 25.8 Å². The number of hydrogen-bond donors (Lipinski definition) is 2. The zero-order valence-corrected chi connectivity index (χ0v) is 10.8. The van der Waals surface area contributed by atoms with Gasteiger partial charge in [-0.2, -0.15) is 0 Å². The maximum atomic E-state index is 10.4. The number of carbonyl (C=O) groups is 1. The minimum absolute atomic E-state index is 0.233. The van der Waals surface area contributed by atoms with Gasteiger partial charge in [-0.25, -0.2) is 0 Å². The minimum atomic E-state index is -0.727. The van der Waals surface area contributed by atoms with Crippen LogP contribution in [-0.2, 0) is 4.79 Å². The van der Waals surface area contributed by atoms with Crippen molar-refractivity contribution >= 4 is 5.97 Å². The first-order valence-electron chi connectivity index (χ1n) is 6.27. The van der Waals surface area contributed by atoms with E-state index in [-0.39, 0.29) is 12.5 Å². The van der Waals surface area contributed by atoms with Gasteiger partial charge in [-0.15, -0.1) is 13.2 Å². The Morgan fingerprint density at radius 1 is 1.29 bits per heavy atom. The normalized spacial score (nSPS) is 12.4. The first kappa shape index (κ1) is 15.9. The molecule has 0 aromatic carbocycles. The molecular formula is C14H25NO2. The van der Waals surface area contributed by atoms with Crippen LogP contribution < -0.4 is 5.32 Å². The molecule has 0 saturated carbocycles. The summed E-state index contributed by atoms with van der Waals surface area (Å²) in [6.07, 6.45) is 7.91. The van der Waals surface area contributed by atoms with Crippen LogP contribution in [-0.4, -0.2) is 23.7 Å². The Bertz CT molecular complexity index is 228. The van der Waals surface area contributed by atoms with Crippen LogP contribution in [0.1, 0.15) is 39.0 Å². The van der Waals surface area contributed by atoms with Crippen LogP contribution in [0.5, 0.6) is 0 Å². The lowest BCUT2D eigenvalue weighted by atomic mass is 9.97. The third kappa shape index (κ3) is 9.82. The molecule has 0 heterocycles. The van der Waals surface area contributed by atoms with Crippen molar-refractivity contribution in [3.63, 3.8) is 0 Å². The van der Waals surface area contributed by atoms with Crippen LogP contribution in [0.15, 0.2) is 25.3 Å². The summed E-state index contributed by atoms with van der Waals surface area (Å²) < 4.78 is 0. The summed E-state index contributed by atoms with van der Waals surface area (Å²) in [5.41, 5.74) is 0. The zero-order valence-electron chi connectivity index (χ0n) is 10.8. The second-order valence-corrected chi connectivity index (χ2v) is 4.49. The average Bonchev–Trinajstić information content (AvgIpc) is 2.27. The Morgan fingerprint density at radius 2 is 1.88 bits per heavy atom. The quantitative estimate of drug-likeness (QED) is 0.545. The molecule has 0 saturated heterocycles. The highest BCUT2D eigenvalue weighted by molar-refractivity contribution is 5.66. The molecule has 0 aliphatic carbocycles. The number of allylic oxidation sites excluding steroid dienone is 2. The van der Waals surface area contributed by atoms with Gasteiger partial charge in [-0.3, -0.25) is 4.79 Å². The van der Waals surface area contributed by atoms with E-state index < -0.39 is 5.97 Å². The third-order valence-electron chi connectivity index (χ3n) is 2.84. The second-order valence-electron chi connectivity index (χ2n) is 4.49. The fourth-order valence-electron chi connectivity index (χ4n) is 1.78. The van der Waals surface area contributed by atoms with Gasteiger partial charge in [0.1, 0.15) is 0 Å². The number of aliphatic carboxylic acids is 1. The molecule has 0 aromatic rings. The maximum absolute atomic E-state index is 10.4. The molecule has 3 heteroatoms. The summed E-state index contributed by atoms with van der Waals surface area (Å²) in [6.45, 7) is 10.5. The van der Waals surface area contributed by atoms with Gasteiger partial charge in [0.05, 0.1) is 0 Å². The van der Waals surface area contributed by atoms with Crippen molar-refractivity contribution in [3.05, 3.63) is 25.3 Å². The van der Waals surface area contributed by atoms with Gasteiger partial charge in [-0.05, 0) is 45.1 Å². The number of nitrogens with one attached hydrogen (secondary N) is 1. The lowest BCUT2D eigenvalue weighted by Crippen LogP contribution is -2.28. The molecule has 0 fully saturated rings. The molecule has 2 N–H and O–H groups in total. The third-order valence-corrected chi connectivity index (χ3v) is 2.84. The standard InChI is InChI=1S/C14H25NO2/c1-4-6-13(7-5-2)10-11-15-12(3)8-9-14(16)17/h4-5,12-13,15H,1-2,6-11H2,3H3,(H,16,17). The van der Waals surface area contributed by atoms with Gasteiger partial charge >= 0.3 is 5.97 Å². The predicted molar refractivity (Wildman–Crippen MR) is 72.1 cm³/mol. The Kier molecular flexibility index (Phi) is 9.44. The molecule has 98 valence electrons. The summed E-state index contributed by atoms with van der Waals surface area (Å²) in [4.78, 5) is 10.4. The zero-order chi connectivity index (χ0) is 13.1. The van der Waals surface area contributed by atoms with Crippen molar-refractivity contribution in [1.82, 2.24) is 5.32 Å². The Labute approximate surface area is 105 Å². The summed E-state index contributed by atoms with van der Waals surface area (Å²) in [7, 11) is 0. The van der Waals surface area contributed by atoms with Gasteiger partial charge in [-0.1, -0.05) is 12.2 Å². The molecule has 0 aliphatic rings. The van der Waals surface area contributed by atoms with E-state index in [1.165, 1.54) is 0 Å². The second kappa shape index (κ2) is 10.1. The molecule has 1 unspecified atom stereocenters. The highest BCUT2D eigenvalue weighted by atomic mass is 16.4. The molecule has 0 aliphatic heterocycles. The number of carboxylic acids is 1. The van der Waals surface area contributed by atoms with Gasteiger partial charge in [0.2, 0.25) is 0 Å². The highest BCUT2D eigenvalue weighted by Gasteiger charge is 2.07. The smallest absolute Gasteiger partial charge is 0.303 e. The van der Waals surface area contributed by atoms with E-state index in [1.807, 2.05) is 19.1 Å². The molecule has 0 spiro atoms. The topological polar surface area (TPSA) is 49.3 Å².